The number of amides is 1. The van der Waals surface area contributed by atoms with Gasteiger partial charge in [0.1, 0.15) is 5.75 Å². The summed E-state index contributed by atoms with van der Waals surface area (Å²) in [5, 5.41) is 9.12. The van der Waals surface area contributed by atoms with Crippen LogP contribution in [0.25, 0.3) is 0 Å². The molecule has 0 aliphatic carbocycles. The van der Waals surface area contributed by atoms with Crippen molar-refractivity contribution in [1.29, 1.82) is 5.26 Å². The van der Waals surface area contributed by atoms with Gasteiger partial charge in [-0.3, -0.25) is 4.79 Å². The highest BCUT2D eigenvalue weighted by atomic mass is 16.5. The van der Waals surface area contributed by atoms with E-state index >= 15 is 0 Å². The molecule has 0 saturated heterocycles. The second-order valence-electron chi connectivity index (χ2n) is 8.36. The maximum absolute atomic E-state index is 13.1. The van der Waals surface area contributed by atoms with Crippen molar-refractivity contribution in [2.45, 2.75) is 38.5 Å². The molecule has 1 aliphatic rings. The van der Waals surface area contributed by atoms with Gasteiger partial charge in [0.15, 0.2) is 0 Å². The number of carbonyl (C=O) groups excluding carboxylic acids is 1. The molecular formula is C27H33N3O2. The summed E-state index contributed by atoms with van der Waals surface area (Å²) in [5.74, 6) is 0.811. The second-order valence-corrected chi connectivity index (χ2v) is 8.36. The van der Waals surface area contributed by atoms with Crippen LogP contribution >= 0.6 is 0 Å². The van der Waals surface area contributed by atoms with Crippen LogP contribution in [0, 0.1) is 11.3 Å². The Kier molecular flexibility index (Phi) is 8.89. The van der Waals surface area contributed by atoms with Crippen molar-refractivity contribution < 1.29 is 9.53 Å². The highest BCUT2D eigenvalue weighted by Gasteiger charge is 2.24. The van der Waals surface area contributed by atoms with Gasteiger partial charge in [-0.25, -0.2) is 0 Å². The Morgan fingerprint density at radius 2 is 2.06 bits per heavy atom. The molecule has 0 N–H and O–H groups in total. The van der Waals surface area contributed by atoms with Gasteiger partial charge in [0.2, 0.25) is 0 Å². The van der Waals surface area contributed by atoms with Gasteiger partial charge in [0, 0.05) is 24.3 Å². The summed E-state index contributed by atoms with van der Waals surface area (Å²) in [5.41, 5.74) is 3.14. The molecule has 32 heavy (non-hydrogen) atoms. The largest absolute Gasteiger partial charge is 0.494 e. The first-order chi connectivity index (χ1) is 15.6. The van der Waals surface area contributed by atoms with Crippen LogP contribution in [0.4, 0.5) is 5.69 Å². The molecule has 2 aromatic rings. The van der Waals surface area contributed by atoms with Crippen LogP contribution in [0.5, 0.6) is 5.75 Å². The lowest BCUT2D eigenvalue weighted by atomic mass is 10.00. The van der Waals surface area contributed by atoms with E-state index in [9.17, 15) is 4.79 Å². The zero-order chi connectivity index (χ0) is 22.8. The quantitative estimate of drug-likeness (QED) is 0.362. The molecule has 0 fully saturated rings. The number of anilines is 1. The average Bonchev–Trinajstić information content (AvgIpc) is 2.82. The van der Waals surface area contributed by atoms with Crippen molar-refractivity contribution in [1.82, 2.24) is 4.90 Å². The fraction of sp³-hybridized carbons (Fsp3) is 0.407. The molecule has 1 amide bonds. The van der Waals surface area contributed by atoms with Crippen LogP contribution in [0.3, 0.4) is 0 Å². The summed E-state index contributed by atoms with van der Waals surface area (Å²) < 4.78 is 5.99. The van der Waals surface area contributed by atoms with Gasteiger partial charge >= 0.3 is 0 Å². The monoisotopic (exact) mass is 431 g/mol. The first kappa shape index (κ1) is 23.6. The summed E-state index contributed by atoms with van der Waals surface area (Å²) in [7, 11) is 2.12. The molecule has 5 heteroatoms. The zero-order valence-corrected chi connectivity index (χ0v) is 19.1. The Bertz CT molecular complexity index is 964. The standard InChI is InChI=1S/C27H33N3O2/c1-3-15-29(2)16-6-4-5-7-18-32-25-13-14-26-23(20-25)12-9-17-30(26)27(31)24-11-8-10-22(19-24)21-28/h3,8,10-11,13-14,19-20H,1,4-7,9,12,15-18H2,2H3. The molecule has 0 aromatic heterocycles. The number of unbranched alkanes of at least 4 members (excludes halogenated alkanes) is 3. The normalized spacial score (nSPS) is 12.8. The van der Waals surface area contributed by atoms with E-state index in [0.29, 0.717) is 24.3 Å². The van der Waals surface area contributed by atoms with Crippen LogP contribution in [0.2, 0.25) is 0 Å². The van der Waals surface area contributed by atoms with E-state index in [1.165, 1.54) is 12.8 Å². The molecule has 5 nitrogen and oxygen atoms in total. The van der Waals surface area contributed by atoms with Crippen LogP contribution in [-0.4, -0.2) is 44.1 Å². The summed E-state index contributed by atoms with van der Waals surface area (Å²) >= 11 is 0. The zero-order valence-electron chi connectivity index (χ0n) is 19.1. The van der Waals surface area contributed by atoms with E-state index in [0.717, 1.165) is 55.8 Å². The second kappa shape index (κ2) is 12.1. The Balaban J connectivity index is 1.51. The lowest BCUT2D eigenvalue weighted by Crippen LogP contribution is -2.35. The summed E-state index contributed by atoms with van der Waals surface area (Å²) in [6.45, 7) is 7.21. The average molecular weight is 432 g/mol. The van der Waals surface area contributed by atoms with Crippen LogP contribution in [-0.2, 0) is 6.42 Å². The van der Waals surface area contributed by atoms with E-state index in [4.69, 9.17) is 10.00 Å². The molecule has 0 atom stereocenters. The molecule has 0 saturated carbocycles. The molecule has 168 valence electrons. The van der Waals surface area contributed by atoms with Gasteiger partial charge in [-0.15, -0.1) is 6.58 Å². The third kappa shape index (κ3) is 6.45. The smallest absolute Gasteiger partial charge is 0.258 e. The highest BCUT2D eigenvalue weighted by Crippen LogP contribution is 2.31. The molecule has 0 radical (unpaired) electrons. The van der Waals surface area contributed by atoms with Crippen molar-refractivity contribution in [2.24, 2.45) is 0 Å². The number of nitriles is 1. The molecule has 2 aromatic carbocycles. The predicted octanol–water partition coefficient (Wildman–Crippen LogP) is 5.21. The first-order valence-electron chi connectivity index (χ1n) is 11.5. The molecular weight excluding hydrogens is 398 g/mol. The number of ether oxygens (including phenoxy) is 1. The minimum atomic E-state index is -0.0598. The third-order valence-corrected chi connectivity index (χ3v) is 5.80. The van der Waals surface area contributed by atoms with Crippen molar-refractivity contribution in [2.75, 3.05) is 38.2 Å². The minimum absolute atomic E-state index is 0.0598. The van der Waals surface area contributed by atoms with E-state index in [1.54, 1.807) is 24.3 Å². The lowest BCUT2D eigenvalue weighted by molar-refractivity contribution is 0.0985. The van der Waals surface area contributed by atoms with Crippen molar-refractivity contribution >= 4 is 11.6 Å². The third-order valence-electron chi connectivity index (χ3n) is 5.80. The van der Waals surface area contributed by atoms with Gasteiger partial charge in [-0.1, -0.05) is 25.0 Å². The number of hydrogen-bond acceptors (Lipinski definition) is 4. The Hall–Kier alpha value is -3.10. The summed E-state index contributed by atoms with van der Waals surface area (Å²) in [6, 6.07) is 15.0. The minimum Gasteiger partial charge on any atom is -0.494 e. The number of benzene rings is 2. The number of rotatable bonds is 11. The number of hydrogen-bond donors (Lipinski definition) is 0. The van der Waals surface area contributed by atoms with Crippen LogP contribution in [0.15, 0.2) is 55.1 Å². The van der Waals surface area contributed by atoms with E-state index < -0.39 is 0 Å². The predicted molar refractivity (Wildman–Crippen MR) is 129 cm³/mol. The molecule has 1 heterocycles. The molecule has 0 spiro atoms. The van der Waals surface area contributed by atoms with Gasteiger partial charge in [0.25, 0.3) is 5.91 Å². The molecule has 3 rings (SSSR count). The maximum Gasteiger partial charge on any atom is 0.258 e. The van der Waals surface area contributed by atoms with Crippen molar-refractivity contribution in [3.63, 3.8) is 0 Å². The topological polar surface area (TPSA) is 56.6 Å². The Morgan fingerprint density at radius 1 is 1.22 bits per heavy atom. The fourth-order valence-electron chi connectivity index (χ4n) is 4.09. The molecule has 1 aliphatic heterocycles. The summed E-state index contributed by atoms with van der Waals surface area (Å²) in [6.07, 6.45) is 8.41. The van der Waals surface area contributed by atoms with Gasteiger partial charge < -0.3 is 14.5 Å². The summed E-state index contributed by atoms with van der Waals surface area (Å²) in [4.78, 5) is 17.2. The highest BCUT2D eigenvalue weighted by molar-refractivity contribution is 6.07. The van der Waals surface area contributed by atoms with Crippen molar-refractivity contribution in [3.8, 4) is 11.8 Å². The van der Waals surface area contributed by atoms with Gasteiger partial charge in [-0.2, -0.15) is 5.26 Å². The van der Waals surface area contributed by atoms with E-state index in [1.807, 2.05) is 23.1 Å². The number of carbonyl (C=O) groups is 1. The number of likely N-dealkylation sites (N-methyl/N-ethyl adjacent to an activating group) is 1. The van der Waals surface area contributed by atoms with E-state index in [2.05, 4.69) is 30.7 Å². The SMILES string of the molecule is C=CCN(C)CCCCCCOc1ccc2c(c1)CCCN2C(=O)c1cccc(C#N)c1. The number of nitrogens with zero attached hydrogens (tertiary/aromatic N) is 3. The lowest BCUT2D eigenvalue weighted by Gasteiger charge is -2.30. The molecule has 0 unspecified atom stereocenters. The van der Waals surface area contributed by atoms with E-state index in [-0.39, 0.29) is 5.91 Å². The van der Waals surface area contributed by atoms with Crippen LogP contribution in [0.1, 0.15) is 53.6 Å². The van der Waals surface area contributed by atoms with Gasteiger partial charge in [-0.05, 0) is 81.2 Å². The first-order valence-corrected chi connectivity index (χ1v) is 11.5. The Labute approximate surface area is 191 Å². The molecule has 0 bridgehead atoms. The van der Waals surface area contributed by atoms with Crippen molar-refractivity contribution in [3.05, 3.63) is 71.8 Å². The maximum atomic E-state index is 13.1. The van der Waals surface area contributed by atoms with Crippen LogP contribution < -0.4 is 9.64 Å². The van der Waals surface area contributed by atoms with Gasteiger partial charge in [0.05, 0.1) is 18.2 Å². The number of aryl methyl sites for hydroxylation is 1. The number of fused-ring (bicyclic) bond motifs is 1. The fourth-order valence-corrected chi connectivity index (χ4v) is 4.09. The Morgan fingerprint density at radius 3 is 2.88 bits per heavy atom.